The van der Waals surface area contributed by atoms with E-state index in [0.717, 1.165) is 11.3 Å². The van der Waals surface area contributed by atoms with Gasteiger partial charge in [0.05, 0.1) is 23.0 Å². The molecule has 92 valence electrons. The van der Waals surface area contributed by atoms with E-state index >= 15 is 0 Å². The van der Waals surface area contributed by atoms with Gasteiger partial charge in [-0.1, -0.05) is 12.6 Å². The quantitative estimate of drug-likeness (QED) is 0.552. The molecule has 0 aliphatic rings. The minimum Gasteiger partial charge on any atom is -0.397 e. The van der Waals surface area contributed by atoms with Crippen LogP contribution in [0.15, 0.2) is 30.5 Å². The van der Waals surface area contributed by atoms with Crippen LogP contribution in [0.5, 0.6) is 0 Å². The molecule has 0 saturated heterocycles. The van der Waals surface area contributed by atoms with Crippen LogP contribution in [-0.4, -0.2) is 16.7 Å². The van der Waals surface area contributed by atoms with Gasteiger partial charge in [-0.05, 0) is 44.5 Å². The van der Waals surface area contributed by atoms with Crippen molar-refractivity contribution in [2.45, 2.75) is 32.4 Å². The van der Waals surface area contributed by atoms with Crippen molar-refractivity contribution in [3.8, 4) is 0 Å². The van der Waals surface area contributed by atoms with E-state index in [-0.39, 0.29) is 6.04 Å². The van der Waals surface area contributed by atoms with Crippen molar-refractivity contribution in [1.82, 2.24) is 0 Å². The summed E-state index contributed by atoms with van der Waals surface area (Å²) in [5, 5.41) is 13.1. The molecule has 1 unspecified atom stereocenters. The fourth-order valence-corrected chi connectivity index (χ4v) is 1.32. The van der Waals surface area contributed by atoms with Crippen molar-refractivity contribution in [3.05, 3.63) is 36.1 Å². The molecule has 4 N–H and O–H groups in total. The van der Waals surface area contributed by atoms with Gasteiger partial charge in [-0.3, -0.25) is 0 Å². The van der Waals surface area contributed by atoms with E-state index in [0.29, 0.717) is 5.69 Å². The maximum Gasteiger partial charge on any atom is 0.0789 e. The summed E-state index contributed by atoms with van der Waals surface area (Å²) in [6.07, 6.45) is 1.78. The highest BCUT2D eigenvalue weighted by Gasteiger charge is 2.22. The summed E-state index contributed by atoms with van der Waals surface area (Å²) >= 11 is 0. The standard InChI is InChI=1S/C14H20N2O/c1-5-6-11-7-8-12(15)13(9-11)16-10(2)14(3,4)17/h6-10,16-17H,1,15H2,2-4H3. The van der Waals surface area contributed by atoms with E-state index < -0.39 is 5.60 Å². The summed E-state index contributed by atoms with van der Waals surface area (Å²) in [4.78, 5) is 0. The zero-order valence-corrected chi connectivity index (χ0v) is 10.6. The van der Waals surface area contributed by atoms with Gasteiger partial charge in [0.1, 0.15) is 0 Å². The van der Waals surface area contributed by atoms with Crippen molar-refractivity contribution in [3.63, 3.8) is 0 Å². The van der Waals surface area contributed by atoms with Gasteiger partial charge in [0, 0.05) is 0 Å². The highest BCUT2D eigenvalue weighted by atomic mass is 16.3. The fraction of sp³-hybridized carbons (Fsp3) is 0.357. The first-order valence-corrected chi connectivity index (χ1v) is 5.59. The highest BCUT2D eigenvalue weighted by molar-refractivity contribution is 5.71. The topological polar surface area (TPSA) is 58.3 Å². The van der Waals surface area contributed by atoms with Gasteiger partial charge in [-0.15, -0.1) is 5.73 Å². The first-order chi connectivity index (χ1) is 7.84. The second-order valence-electron chi connectivity index (χ2n) is 4.71. The van der Waals surface area contributed by atoms with Crippen LogP contribution in [0.1, 0.15) is 26.3 Å². The third-order valence-corrected chi connectivity index (χ3v) is 2.78. The molecule has 1 atom stereocenters. The lowest BCUT2D eigenvalue weighted by molar-refractivity contribution is 0.0649. The Morgan fingerprint density at radius 2 is 2.18 bits per heavy atom. The van der Waals surface area contributed by atoms with Gasteiger partial charge >= 0.3 is 0 Å². The van der Waals surface area contributed by atoms with E-state index in [1.165, 1.54) is 0 Å². The van der Waals surface area contributed by atoms with Gasteiger partial charge in [-0.25, -0.2) is 0 Å². The summed E-state index contributed by atoms with van der Waals surface area (Å²) in [6.45, 7) is 8.96. The molecule has 1 aromatic carbocycles. The molecule has 0 saturated carbocycles. The zero-order valence-electron chi connectivity index (χ0n) is 10.6. The summed E-state index contributed by atoms with van der Waals surface area (Å²) < 4.78 is 0. The monoisotopic (exact) mass is 232 g/mol. The maximum atomic E-state index is 9.88. The first kappa shape index (κ1) is 13.4. The number of nitrogens with two attached hydrogens (primary N) is 1. The van der Waals surface area contributed by atoms with E-state index in [2.05, 4.69) is 17.6 Å². The molecule has 0 spiro atoms. The van der Waals surface area contributed by atoms with E-state index in [9.17, 15) is 5.11 Å². The maximum absolute atomic E-state index is 9.88. The Morgan fingerprint density at radius 3 is 2.71 bits per heavy atom. The predicted octanol–water partition coefficient (Wildman–Crippen LogP) is 2.64. The minimum atomic E-state index is -0.809. The van der Waals surface area contributed by atoms with Crippen LogP contribution in [0.4, 0.5) is 11.4 Å². The molecule has 3 heteroatoms. The number of anilines is 2. The molecule has 1 rings (SSSR count). The van der Waals surface area contributed by atoms with Crippen LogP contribution < -0.4 is 11.1 Å². The Bertz CT molecular complexity index is 440. The van der Waals surface area contributed by atoms with E-state index in [1.54, 1.807) is 19.9 Å². The second-order valence-corrected chi connectivity index (χ2v) is 4.71. The molecule has 0 bridgehead atoms. The van der Waals surface area contributed by atoms with Crippen molar-refractivity contribution in [2.75, 3.05) is 11.1 Å². The molecular weight excluding hydrogens is 212 g/mol. The van der Waals surface area contributed by atoms with Crippen LogP contribution in [0.2, 0.25) is 0 Å². The van der Waals surface area contributed by atoms with Crippen LogP contribution in [-0.2, 0) is 0 Å². The third-order valence-electron chi connectivity index (χ3n) is 2.78. The zero-order chi connectivity index (χ0) is 13.1. The summed E-state index contributed by atoms with van der Waals surface area (Å²) in [5.74, 6) is 0. The average Bonchev–Trinajstić information content (AvgIpc) is 2.22. The molecule has 0 aliphatic carbocycles. The van der Waals surface area contributed by atoms with Gasteiger partial charge in [-0.2, -0.15) is 0 Å². The molecule has 0 aliphatic heterocycles. The van der Waals surface area contributed by atoms with Crippen molar-refractivity contribution < 1.29 is 5.11 Å². The lowest BCUT2D eigenvalue weighted by atomic mass is 10.00. The molecule has 3 nitrogen and oxygen atoms in total. The number of aliphatic hydroxyl groups is 1. The molecule has 1 aromatic rings. The van der Waals surface area contributed by atoms with Crippen LogP contribution in [0.25, 0.3) is 6.08 Å². The minimum absolute atomic E-state index is 0.104. The lowest BCUT2D eigenvalue weighted by Crippen LogP contribution is -2.39. The number of rotatable bonds is 4. The Kier molecular flexibility index (Phi) is 4.00. The van der Waals surface area contributed by atoms with Gasteiger partial charge in [0.2, 0.25) is 0 Å². The average molecular weight is 232 g/mol. The summed E-state index contributed by atoms with van der Waals surface area (Å²) in [5.41, 5.74) is 10.2. The van der Waals surface area contributed by atoms with Crippen LogP contribution in [0, 0.1) is 0 Å². The fourth-order valence-electron chi connectivity index (χ4n) is 1.32. The van der Waals surface area contributed by atoms with Crippen LogP contribution >= 0.6 is 0 Å². The number of hydrogen-bond acceptors (Lipinski definition) is 3. The van der Waals surface area contributed by atoms with E-state index in [1.807, 2.05) is 25.1 Å². The first-order valence-electron chi connectivity index (χ1n) is 5.59. The SMILES string of the molecule is C=C=Cc1ccc(N)c(NC(C)C(C)(C)O)c1. The third kappa shape index (κ3) is 3.66. The van der Waals surface area contributed by atoms with Crippen LogP contribution in [0.3, 0.4) is 0 Å². The number of hydrogen-bond donors (Lipinski definition) is 3. The van der Waals surface area contributed by atoms with Crippen molar-refractivity contribution in [2.24, 2.45) is 0 Å². The van der Waals surface area contributed by atoms with Crippen molar-refractivity contribution >= 4 is 17.5 Å². The summed E-state index contributed by atoms with van der Waals surface area (Å²) in [6, 6.07) is 5.53. The van der Waals surface area contributed by atoms with E-state index in [4.69, 9.17) is 5.73 Å². The number of nitrogens with one attached hydrogen (secondary N) is 1. The molecule has 0 amide bonds. The highest BCUT2D eigenvalue weighted by Crippen LogP contribution is 2.23. The second kappa shape index (κ2) is 5.09. The summed E-state index contributed by atoms with van der Waals surface area (Å²) in [7, 11) is 0. The largest absolute Gasteiger partial charge is 0.397 e. The number of nitrogen functional groups attached to an aromatic ring is 1. The molecule has 0 fully saturated rings. The molecule has 0 radical (unpaired) electrons. The number of benzene rings is 1. The lowest BCUT2D eigenvalue weighted by Gasteiger charge is -2.28. The Morgan fingerprint density at radius 1 is 1.53 bits per heavy atom. The molecule has 0 aromatic heterocycles. The normalized spacial score (nSPS) is 12.7. The van der Waals surface area contributed by atoms with Gasteiger partial charge in [0.15, 0.2) is 0 Å². The molecule has 17 heavy (non-hydrogen) atoms. The smallest absolute Gasteiger partial charge is 0.0789 e. The Labute approximate surface area is 103 Å². The van der Waals surface area contributed by atoms with Crippen molar-refractivity contribution in [1.29, 1.82) is 0 Å². The Hall–Kier alpha value is -1.70. The molecular formula is C14H20N2O. The van der Waals surface area contributed by atoms with Gasteiger partial charge < -0.3 is 16.2 Å². The predicted molar refractivity (Wildman–Crippen MR) is 73.8 cm³/mol. The Balaban J connectivity index is 2.97. The molecule has 0 heterocycles. The van der Waals surface area contributed by atoms with Gasteiger partial charge in [0.25, 0.3) is 0 Å².